The third-order valence-electron chi connectivity index (χ3n) is 6.36. The summed E-state index contributed by atoms with van der Waals surface area (Å²) in [6, 6.07) is 8.22. The van der Waals surface area contributed by atoms with Gasteiger partial charge < -0.3 is 14.4 Å². The Labute approximate surface area is 153 Å². The first-order valence-corrected chi connectivity index (χ1v) is 9.75. The summed E-state index contributed by atoms with van der Waals surface area (Å²) in [6.45, 7) is 2.14. The van der Waals surface area contributed by atoms with Crippen LogP contribution in [0.3, 0.4) is 0 Å². The molecule has 2 bridgehead atoms. The molecule has 3 saturated heterocycles. The maximum atomic E-state index is 13.3. The number of carbonyl (C=O) groups excluding carboxylic acids is 2. The minimum absolute atomic E-state index is 0.0218. The van der Waals surface area contributed by atoms with Crippen LogP contribution >= 0.6 is 0 Å². The number of piperidine rings is 1. The van der Waals surface area contributed by atoms with Crippen molar-refractivity contribution in [1.29, 1.82) is 0 Å². The second-order valence-corrected chi connectivity index (χ2v) is 8.24. The predicted molar refractivity (Wildman–Crippen MR) is 99.8 cm³/mol. The lowest BCUT2D eigenvalue weighted by Gasteiger charge is -2.36. The molecule has 1 aliphatic carbocycles. The first-order chi connectivity index (χ1) is 12.6. The van der Waals surface area contributed by atoms with Crippen LogP contribution in [0.2, 0.25) is 0 Å². The van der Waals surface area contributed by atoms with Gasteiger partial charge in [0, 0.05) is 49.8 Å². The van der Waals surface area contributed by atoms with Gasteiger partial charge in [-0.1, -0.05) is 18.2 Å². The number of aryl methyl sites for hydroxylation is 1. The van der Waals surface area contributed by atoms with Crippen molar-refractivity contribution >= 4 is 22.7 Å². The molecule has 0 radical (unpaired) electrons. The van der Waals surface area contributed by atoms with E-state index < -0.39 is 0 Å². The van der Waals surface area contributed by atoms with Crippen LogP contribution in [0.5, 0.6) is 0 Å². The first kappa shape index (κ1) is 15.9. The molecule has 2 atom stereocenters. The molecule has 5 heteroatoms. The summed E-state index contributed by atoms with van der Waals surface area (Å²) in [4.78, 5) is 30.2. The van der Waals surface area contributed by atoms with Gasteiger partial charge in [0.05, 0.1) is 11.5 Å². The number of hydrogen-bond acceptors (Lipinski definition) is 2. The highest BCUT2D eigenvalue weighted by molar-refractivity contribution is 6.07. The molecule has 1 aromatic carbocycles. The fourth-order valence-electron chi connectivity index (χ4n) is 4.71. The van der Waals surface area contributed by atoms with Crippen LogP contribution in [0.25, 0.3) is 10.9 Å². The average molecular weight is 351 g/mol. The Morgan fingerprint density at radius 3 is 2.73 bits per heavy atom. The van der Waals surface area contributed by atoms with Crippen LogP contribution in [-0.4, -0.2) is 51.9 Å². The second kappa shape index (κ2) is 5.86. The fourth-order valence-corrected chi connectivity index (χ4v) is 4.71. The minimum Gasteiger partial charge on any atom is -0.350 e. The third-order valence-corrected chi connectivity index (χ3v) is 6.36. The molecule has 3 aliphatic heterocycles. The molecule has 2 amide bonds. The van der Waals surface area contributed by atoms with Crippen LogP contribution in [0.1, 0.15) is 36.0 Å². The molecule has 4 aliphatic rings. The minimum atomic E-state index is -0.0218. The van der Waals surface area contributed by atoms with Gasteiger partial charge in [-0.05, 0) is 37.7 Å². The predicted octanol–water partition coefficient (Wildman–Crippen LogP) is 2.65. The van der Waals surface area contributed by atoms with E-state index in [1.54, 1.807) is 0 Å². The molecule has 6 rings (SSSR count). The Kier molecular flexibility index (Phi) is 3.59. The molecule has 1 saturated carbocycles. The lowest BCUT2D eigenvalue weighted by atomic mass is 9.94. The summed E-state index contributed by atoms with van der Waals surface area (Å²) in [5, 5.41) is 0.998. The maximum Gasteiger partial charge on any atom is 0.256 e. The normalized spacial score (nSPS) is 25.8. The van der Waals surface area contributed by atoms with Gasteiger partial charge in [0.15, 0.2) is 0 Å². The molecule has 1 aromatic heterocycles. The topological polar surface area (TPSA) is 45.6 Å². The average Bonchev–Trinajstić information content (AvgIpc) is 3.45. The van der Waals surface area contributed by atoms with E-state index in [0.717, 1.165) is 35.9 Å². The van der Waals surface area contributed by atoms with Gasteiger partial charge >= 0.3 is 0 Å². The molecule has 0 spiro atoms. The van der Waals surface area contributed by atoms with E-state index in [1.807, 2.05) is 47.0 Å². The molecular formula is C21H25N3O2. The Bertz CT molecular complexity index is 883. The second-order valence-electron chi connectivity index (χ2n) is 8.24. The molecule has 0 unspecified atom stereocenters. The van der Waals surface area contributed by atoms with Crippen molar-refractivity contribution < 1.29 is 9.59 Å². The molecule has 26 heavy (non-hydrogen) atoms. The number of hydrogen-bond donors (Lipinski definition) is 0. The fraction of sp³-hybridized carbons (Fsp3) is 0.524. The van der Waals surface area contributed by atoms with E-state index in [9.17, 15) is 9.59 Å². The van der Waals surface area contributed by atoms with E-state index in [-0.39, 0.29) is 23.8 Å². The number of benzene rings is 1. The van der Waals surface area contributed by atoms with E-state index in [0.29, 0.717) is 19.0 Å². The van der Waals surface area contributed by atoms with Gasteiger partial charge in [-0.3, -0.25) is 9.59 Å². The summed E-state index contributed by atoms with van der Waals surface area (Å²) >= 11 is 0. The van der Waals surface area contributed by atoms with Crippen LogP contribution in [0.4, 0.5) is 0 Å². The van der Waals surface area contributed by atoms with Crippen molar-refractivity contribution in [2.24, 2.45) is 18.9 Å². The number of carbonyl (C=O) groups is 2. The number of amides is 2. The number of fused-ring (bicyclic) bond motifs is 5. The summed E-state index contributed by atoms with van der Waals surface area (Å²) in [5.41, 5.74) is 1.82. The van der Waals surface area contributed by atoms with Gasteiger partial charge in [-0.2, -0.15) is 0 Å². The van der Waals surface area contributed by atoms with Gasteiger partial charge in [-0.15, -0.1) is 0 Å². The van der Waals surface area contributed by atoms with Gasteiger partial charge in [0.1, 0.15) is 0 Å². The van der Waals surface area contributed by atoms with Crippen molar-refractivity contribution in [1.82, 2.24) is 14.4 Å². The highest BCUT2D eigenvalue weighted by Crippen LogP contribution is 2.36. The quantitative estimate of drug-likeness (QED) is 0.853. The molecule has 4 fully saturated rings. The van der Waals surface area contributed by atoms with Crippen molar-refractivity contribution in [3.8, 4) is 0 Å². The van der Waals surface area contributed by atoms with Crippen molar-refractivity contribution in [2.45, 2.75) is 31.7 Å². The molecule has 2 aromatic rings. The van der Waals surface area contributed by atoms with Crippen LogP contribution in [0.15, 0.2) is 30.5 Å². The monoisotopic (exact) mass is 351 g/mol. The zero-order valence-electron chi connectivity index (χ0n) is 15.2. The Balaban J connectivity index is 1.45. The molecule has 136 valence electrons. The van der Waals surface area contributed by atoms with E-state index in [2.05, 4.69) is 4.90 Å². The summed E-state index contributed by atoms with van der Waals surface area (Å²) < 4.78 is 2.01. The van der Waals surface area contributed by atoms with Crippen LogP contribution in [0, 0.1) is 11.8 Å². The standard InChI is InChI=1S/C21H25N3O2/c1-22-13-18(17-4-2-3-5-19(17)22)21(26)23-11-15-8-9-16(12-23)24(20(15)25)10-14-6-7-14/h2-5,13-16H,6-12H2,1H3/t15-,16+/m0/s1. The number of nitrogens with zero attached hydrogens (tertiary/aromatic N) is 3. The SMILES string of the molecule is Cn1cc(C(=O)N2C[C@@H]3CC[C@H](C2)N(CC2CC2)C3=O)c2ccccc21. The van der Waals surface area contributed by atoms with Crippen LogP contribution < -0.4 is 0 Å². The number of para-hydroxylation sites is 1. The lowest BCUT2D eigenvalue weighted by Crippen LogP contribution is -2.48. The zero-order valence-corrected chi connectivity index (χ0v) is 15.2. The summed E-state index contributed by atoms with van der Waals surface area (Å²) in [7, 11) is 1.98. The Morgan fingerprint density at radius 2 is 1.92 bits per heavy atom. The largest absolute Gasteiger partial charge is 0.350 e. The Hall–Kier alpha value is -2.30. The smallest absolute Gasteiger partial charge is 0.256 e. The lowest BCUT2D eigenvalue weighted by molar-refractivity contribution is -0.140. The van der Waals surface area contributed by atoms with Gasteiger partial charge in [0.2, 0.25) is 5.91 Å². The zero-order chi connectivity index (χ0) is 17.8. The molecule has 5 nitrogen and oxygen atoms in total. The highest BCUT2D eigenvalue weighted by Gasteiger charge is 2.43. The number of aromatic nitrogens is 1. The highest BCUT2D eigenvalue weighted by atomic mass is 16.2. The van der Waals surface area contributed by atoms with Gasteiger partial charge in [0.25, 0.3) is 5.91 Å². The van der Waals surface area contributed by atoms with E-state index >= 15 is 0 Å². The third kappa shape index (κ3) is 2.52. The Morgan fingerprint density at radius 1 is 1.12 bits per heavy atom. The summed E-state index contributed by atoms with van der Waals surface area (Å²) in [6.07, 6.45) is 6.38. The van der Waals surface area contributed by atoms with Crippen molar-refractivity contribution in [3.05, 3.63) is 36.0 Å². The van der Waals surface area contributed by atoms with E-state index in [4.69, 9.17) is 0 Å². The summed E-state index contributed by atoms with van der Waals surface area (Å²) in [5.74, 6) is 1.02. The van der Waals surface area contributed by atoms with Gasteiger partial charge in [-0.25, -0.2) is 0 Å². The van der Waals surface area contributed by atoms with Crippen LogP contribution in [-0.2, 0) is 11.8 Å². The molecule has 0 N–H and O–H groups in total. The number of rotatable bonds is 3. The molecule has 4 heterocycles. The maximum absolute atomic E-state index is 13.3. The van der Waals surface area contributed by atoms with Crippen molar-refractivity contribution in [2.75, 3.05) is 19.6 Å². The molecular weight excluding hydrogens is 326 g/mol. The van der Waals surface area contributed by atoms with E-state index in [1.165, 1.54) is 12.8 Å². The first-order valence-electron chi connectivity index (χ1n) is 9.75. The van der Waals surface area contributed by atoms with Crippen molar-refractivity contribution in [3.63, 3.8) is 0 Å².